The first-order chi connectivity index (χ1) is 16.7. The molecule has 2 heterocycles. The highest BCUT2D eigenvalue weighted by molar-refractivity contribution is 7.18. The summed E-state index contributed by atoms with van der Waals surface area (Å²) >= 11 is 2.63. The van der Waals surface area contributed by atoms with Crippen LogP contribution in [0.4, 0.5) is 11.4 Å². The van der Waals surface area contributed by atoms with Crippen LogP contribution in [-0.4, -0.2) is 28.9 Å². The van der Waals surface area contributed by atoms with Gasteiger partial charge < -0.3 is 15.3 Å². The number of rotatable bonds is 7. The van der Waals surface area contributed by atoms with E-state index in [1.54, 1.807) is 28.5 Å². The van der Waals surface area contributed by atoms with E-state index in [1.165, 1.54) is 22.7 Å². The van der Waals surface area contributed by atoms with Crippen LogP contribution < -0.4 is 10.2 Å². The first-order valence-corrected chi connectivity index (χ1v) is 13.6. The van der Waals surface area contributed by atoms with Crippen LogP contribution in [0.25, 0.3) is 10.4 Å². The Morgan fingerprint density at radius 3 is 2.31 bits per heavy atom. The Morgan fingerprint density at radius 2 is 1.74 bits per heavy atom. The van der Waals surface area contributed by atoms with Crippen LogP contribution in [0.5, 0.6) is 0 Å². The van der Waals surface area contributed by atoms with Crippen LogP contribution in [0.3, 0.4) is 0 Å². The van der Waals surface area contributed by atoms with E-state index < -0.39 is 5.97 Å². The Bertz CT molecular complexity index is 1190. The molecule has 3 aromatic rings. The highest BCUT2D eigenvalue weighted by Crippen LogP contribution is 2.40. The van der Waals surface area contributed by atoms with Crippen LogP contribution >= 0.6 is 22.7 Å². The number of hydrogen-bond acceptors (Lipinski definition) is 5. The molecular weight excluding hydrogens is 480 g/mol. The third-order valence-corrected chi connectivity index (χ3v) is 8.34. The van der Waals surface area contributed by atoms with E-state index in [0.29, 0.717) is 22.9 Å². The average molecular weight is 511 g/mol. The maximum absolute atomic E-state index is 13.5. The Hall–Kier alpha value is -2.97. The summed E-state index contributed by atoms with van der Waals surface area (Å²) in [5.41, 5.74) is 2.57. The van der Waals surface area contributed by atoms with Crippen LogP contribution in [0.1, 0.15) is 66.5 Å². The van der Waals surface area contributed by atoms with E-state index in [-0.39, 0.29) is 28.7 Å². The Kier molecular flexibility index (Phi) is 7.72. The molecule has 4 rings (SSSR count). The summed E-state index contributed by atoms with van der Waals surface area (Å²) in [4.78, 5) is 40.6. The van der Waals surface area contributed by atoms with Gasteiger partial charge in [-0.15, -0.1) is 11.3 Å². The quantitative estimate of drug-likeness (QED) is 0.358. The summed E-state index contributed by atoms with van der Waals surface area (Å²) < 4.78 is 0. The van der Waals surface area contributed by atoms with Crippen molar-refractivity contribution in [3.63, 3.8) is 0 Å². The van der Waals surface area contributed by atoms with Gasteiger partial charge in [0.1, 0.15) is 4.88 Å². The number of hydrogen-bond donors (Lipinski definition) is 2. The topological polar surface area (TPSA) is 86.7 Å². The number of carboxylic acid groups (broad SMARTS) is 1. The number of aromatic carboxylic acids is 1. The fraction of sp³-hybridized carbons (Fsp3) is 0.370. The molecule has 2 N–H and O–H groups in total. The fourth-order valence-corrected chi connectivity index (χ4v) is 6.16. The minimum atomic E-state index is -1.04. The zero-order chi connectivity index (χ0) is 25.1. The summed E-state index contributed by atoms with van der Waals surface area (Å²) in [7, 11) is 0. The summed E-state index contributed by atoms with van der Waals surface area (Å²) in [6, 6.07) is 10.7. The summed E-state index contributed by atoms with van der Waals surface area (Å²) in [5.74, 6) is -0.623. The van der Waals surface area contributed by atoms with Gasteiger partial charge in [0.25, 0.3) is 5.91 Å². The maximum atomic E-state index is 13.5. The zero-order valence-electron chi connectivity index (χ0n) is 20.1. The molecular formula is C27H30N2O4S2. The predicted octanol–water partition coefficient (Wildman–Crippen LogP) is 6.99. The van der Waals surface area contributed by atoms with Gasteiger partial charge in [-0.2, -0.15) is 11.3 Å². The first kappa shape index (κ1) is 25.1. The molecule has 0 saturated heterocycles. The Balaban J connectivity index is 1.59. The molecule has 1 aromatic carbocycles. The number of amides is 2. The van der Waals surface area contributed by atoms with Crippen LogP contribution in [0.2, 0.25) is 0 Å². The third-order valence-electron chi connectivity index (χ3n) is 6.50. The predicted molar refractivity (Wildman–Crippen MR) is 143 cm³/mol. The van der Waals surface area contributed by atoms with Crippen molar-refractivity contribution in [2.24, 2.45) is 11.8 Å². The fourth-order valence-electron chi connectivity index (χ4n) is 4.53. The second-order valence-electron chi connectivity index (χ2n) is 9.43. The number of carboxylic acids is 1. The Morgan fingerprint density at radius 1 is 1.06 bits per heavy atom. The van der Waals surface area contributed by atoms with Crippen molar-refractivity contribution in [2.75, 3.05) is 10.2 Å². The van der Waals surface area contributed by atoms with Gasteiger partial charge in [0.2, 0.25) is 5.91 Å². The van der Waals surface area contributed by atoms with Crippen molar-refractivity contribution in [1.82, 2.24) is 0 Å². The minimum absolute atomic E-state index is 0.0187. The van der Waals surface area contributed by atoms with Gasteiger partial charge >= 0.3 is 5.97 Å². The number of benzene rings is 1. The van der Waals surface area contributed by atoms with Crippen molar-refractivity contribution in [3.05, 3.63) is 57.6 Å². The minimum Gasteiger partial charge on any atom is -0.477 e. The highest BCUT2D eigenvalue weighted by Gasteiger charge is 2.33. The molecule has 0 spiro atoms. The van der Waals surface area contributed by atoms with Crippen molar-refractivity contribution < 1.29 is 19.5 Å². The van der Waals surface area contributed by atoms with Gasteiger partial charge in [0.05, 0.1) is 11.3 Å². The van der Waals surface area contributed by atoms with E-state index in [0.717, 1.165) is 36.1 Å². The highest BCUT2D eigenvalue weighted by atomic mass is 32.1. The summed E-state index contributed by atoms with van der Waals surface area (Å²) in [6.45, 7) is 6.07. The standard InChI is InChI=1S/C27H30N2O4S2/c1-16(2)29(26(31)19-6-4-17(3)5-7-19)22-14-23(35-24(22)27(32)33)18-8-10-21(11-9-18)28-25(30)20-12-13-34-15-20/h8-17,19H,4-7H2,1-3H3,(H,28,30)(H,32,33). The van der Waals surface area contributed by atoms with Crippen LogP contribution in [0.15, 0.2) is 47.2 Å². The molecule has 0 aliphatic heterocycles. The third kappa shape index (κ3) is 5.65. The number of carbonyl (C=O) groups excluding carboxylic acids is 2. The molecule has 1 aliphatic carbocycles. The molecule has 8 heteroatoms. The van der Waals surface area contributed by atoms with E-state index in [1.807, 2.05) is 37.4 Å². The number of thiophene rings is 2. The molecule has 2 amide bonds. The number of nitrogens with zero attached hydrogens (tertiary/aromatic N) is 1. The van der Waals surface area contributed by atoms with Crippen LogP contribution in [0, 0.1) is 11.8 Å². The lowest BCUT2D eigenvalue weighted by atomic mass is 9.82. The van der Waals surface area contributed by atoms with Gasteiger partial charge in [-0.25, -0.2) is 4.79 Å². The van der Waals surface area contributed by atoms with Crippen molar-refractivity contribution >= 4 is 51.8 Å². The molecule has 0 atom stereocenters. The molecule has 35 heavy (non-hydrogen) atoms. The van der Waals surface area contributed by atoms with Crippen molar-refractivity contribution in [1.29, 1.82) is 0 Å². The molecule has 6 nitrogen and oxygen atoms in total. The van der Waals surface area contributed by atoms with E-state index >= 15 is 0 Å². The monoisotopic (exact) mass is 510 g/mol. The van der Waals surface area contributed by atoms with Crippen molar-refractivity contribution in [2.45, 2.75) is 52.5 Å². The normalized spacial score (nSPS) is 17.8. The summed E-state index contributed by atoms with van der Waals surface area (Å²) in [6.07, 6.45) is 3.75. The van der Waals surface area contributed by atoms with Gasteiger partial charge in [0, 0.05) is 27.9 Å². The molecule has 2 aromatic heterocycles. The maximum Gasteiger partial charge on any atom is 0.348 e. The lowest BCUT2D eigenvalue weighted by molar-refractivity contribution is -0.123. The van der Waals surface area contributed by atoms with Crippen LogP contribution in [-0.2, 0) is 4.79 Å². The first-order valence-electron chi connectivity index (χ1n) is 11.9. The molecule has 0 unspecified atom stereocenters. The van der Waals surface area contributed by atoms with Gasteiger partial charge in [-0.3, -0.25) is 9.59 Å². The molecule has 1 fully saturated rings. The van der Waals surface area contributed by atoms with E-state index in [4.69, 9.17) is 0 Å². The van der Waals surface area contributed by atoms with Gasteiger partial charge in [0.15, 0.2) is 0 Å². The molecule has 1 saturated carbocycles. The second kappa shape index (κ2) is 10.7. The SMILES string of the molecule is CC1CCC(C(=O)N(c2cc(-c3ccc(NC(=O)c4ccsc4)cc3)sc2C(=O)O)C(C)C)CC1. The number of nitrogens with one attached hydrogen (secondary N) is 1. The Labute approximate surface area is 213 Å². The molecule has 0 bridgehead atoms. The second-order valence-corrected chi connectivity index (χ2v) is 11.3. The lowest BCUT2D eigenvalue weighted by Crippen LogP contribution is -2.42. The average Bonchev–Trinajstić information content (AvgIpc) is 3.51. The smallest absolute Gasteiger partial charge is 0.348 e. The summed E-state index contributed by atoms with van der Waals surface area (Å²) in [5, 5.41) is 16.5. The molecule has 1 aliphatic rings. The largest absolute Gasteiger partial charge is 0.477 e. The van der Waals surface area contributed by atoms with Gasteiger partial charge in [-0.1, -0.05) is 19.1 Å². The van der Waals surface area contributed by atoms with Gasteiger partial charge in [-0.05, 0) is 80.7 Å². The number of anilines is 2. The number of carbonyl (C=O) groups is 3. The zero-order valence-corrected chi connectivity index (χ0v) is 21.7. The van der Waals surface area contributed by atoms with E-state index in [2.05, 4.69) is 12.2 Å². The lowest BCUT2D eigenvalue weighted by Gasteiger charge is -2.33. The van der Waals surface area contributed by atoms with E-state index in [9.17, 15) is 19.5 Å². The molecule has 0 radical (unpaired) electrons. The van der Waals surface area contributed by atoms with Crippen molar-refractivity contribution in [3.8, 4) is 10.4 Å². The molecule has 184 valence electrons.